The minimum atomic E-state index is -4.46. The number of fused-ring (bicyclic) bond motifs is 1. The Morgan fingerprint density at radius 1 is 1.06 bits per heavy atom. The first-order valence-electron chi connectivity index (χ1n) is 10.0. The van der Waals surface area contributed by atoms with Crippen LogP contribution in [0.5, 0.6) is 0 Å². The van der Waals surface area contributed by atoms with Crippen LogP contribution in [0.3, 0.4) is 0 Å². The van der Waals surface area contributed by atoms with Crippen LogP contribution in [0.1, 0.15) is 22.4 Å². The predicted molar refractivity (Wildman–Crippen MR) is 115 cm³/mol. The third-order valence-electron chi connectivity index (χ3n) is 5.61. The fourth-order valence-corrected chi connectivity index (χ4v) is 3.88. The Hall–Kier alpha value is -3.07. The molecule has 164 valence electrons. The quantitative estimate of drug-likeness (QED) is 0.600. The fourth-order valence-electron chi connectivity index (χ4n) is 3.88. The van der Waals surface area contributed by atoms with E-state index < -0.39 is 11.7 Å². The van der Waals surface area contributed by atoms with E-state index in [0.717, 1.165) is 41.3 Å². The maximum atomic E-state index is 13.3. The summed E-state index contributed by atoms with van der Waals surface area (Å²) in [6.45, 7) is 6.43. The number of hydrogen-bond donors (Lipinski definition) is 2. The molecule has 0 saturated carbocycles. The van der Waals surface area contributed by atoms with Crippen molar-refractivity contribution in [1.29, 1.82) is 0 Å². The van der Waals surface area contributed by atoms with Gasteiger partial charge in [0.1, 0.15) is 0 Å². The number of hydrogen-bond acceptors (Lipinski definition) is 6. The summed E-state index contributed by atoms with van der Waals surface area (Å²) in [4.78, 5) is 2.24. The lowest BCUT2D eigenvalue weighted by molar-refractivity contribution is -0.138. The minimum absolute atomic E-state index is 0.0733. The zero-order chi connectivity index (χ0) is 22.2. The van der Waals surface area contributed by atoms with Crippen molar-refractivity contribution in [2.45, 2.75) is 26.6 Å². The molecule has 2 heterocycles. The molecule has 0 radical (unpaired) electrons. The molecular formula is C22H24F3N5O. The predicted octanol–water partition coefficient (Wildman–Crippen LogP) is 4.30. The number of nitrogens with zero attached hydrogens (tertiary/aromatic N) is 3. The highest BCUT2D eigenvalue weighted by molar-refractivity contribution is 5.95. The Bertz CT molecular complexity index is 1110. The number of aromatic nitrogens is 2. The van der Waals surface area contributed by atoms with Gasteiger partial charge in [0.15, 0.2) is 5.82 Å². The molecule has 0 bridgehead atoms. The number of nitrogens with two attached hydrogens (primary N) is 1. The number of ether oxygens (including phenoxy) is 1. The maximum Gasteiger partial charge on any atom is 0.416 e. The smallest absolute Gasteiger partial charge is 0.399 e. The van der Waals surface area contributed by atoms with Gasteiger partial charge >= 0.3 is 6.18 Å². The van der Waals surface area contributed by atoms with Gasteiger partial charge in [-0.05, 0) is 49.2 Å². The van der Waals surface area contributed by atoms with Crippen LogP contribution in [-0.2, 0) is 17.5 Å². The number of morpholine rings is 1. The van der Waals surface area contributed by atoms with Gasteiger partial charge in [0, 0.05) is 41.8 Å². The van der Waals surface area contributed by atoms with E-state index in [4.69, 9.17) is 10.5 Å². The topological polar surface area (TPSA) is 76.3 Å². The number of benzene rings is 2. The van der Waals surface area contributed by atoms with Crippen molar-refractivity contribution in [1.82, 2.24) is 10.2 Å². The van der Waals surface area contributed by atoms with Crippen LogP contribution in [-0.4, -0.2) is 36.5 Å². The van der Waals surface area contributed by atoms with Crippen molar-refractivity contribution in [2.75, 3.05) is 42.3 Å². The van der Waals surface area contributed by atoms with Crippen LogP contribution in [0.2, 0.25) is 0 Å². The van der Waals surface area contributed by atoms with Crippen molar-refractivity contribution in [3.63, 3.8) is 0 Å². The summed E-state index contributed by atoms with van der Waals surface area (Å²) in [5.74, 6) is 0.520. The number of alkyl halides is 3. The molecule has 1 saturated heterocycles. The first kappa shape index (κ1) is 21.2. The molecular weight excluding hydrogens is 407 g/mol. The summed E-state index contributed by atoms with van der Waals surface area (Å²) in [6, 6.07) is 8.61. The second kappa shape index (κ2) is 8.22. The standard InChI is InChI=1S/C22H24F3N5O/c1-13-15(9-16(26)10-20(13)22(23,24)25)12-27-21-19-11-17(30-5-7-31-8-6-30)3-4-18(19)14(2)28-29-21/h3-4,9-11H,5-8,12,26H2,1-2H3,(H,27,29). The number of nitrogen functional groups attached to an aromatic ring is 1. The molecule has 31 heavy (non-hydrogen) atoms. The molecule has 0 amide bonds. The van der Waals surface area contributed by atoms with E-state index in [9.17, 15) is 13.2 Å². The molecule has 4 rings (SSSR count). The van der Waals surface area contributed by atoms with Crippen LogP contribution in [0, 0.1) is 13.8 Å². The normalized spacial score (nSPS) is 14.8. The first-order valence-corrected chi connectivity index (χ1v) is 10.0. The largest absolute Gasteiger partial charge is 0.416 e. The summed E-state index contributed by atoms with van der Waals surface area (Å²) in [7, 11) is 0. The van der Waals surface area contributed by atoms with Crippen molar-refractivity contribution >= 4 is 28.0 Å². The Morgan fingerprint density at radius 2 is 1.81 bits per heavy atom. The van der Waals surface area contributed by atoms with Gasteiger partial charge in [-0.15, -0.1) is 5.10 Å². The maximum absolute atomic E-state index is 13.3. The van der Waals surface area contributed by atoms with E-state index in [2.05, 4.69) is 20.4 Å². The molecule has 0 aliphatic carbocycles. The van der Waals surface area contributed by atoms with Gasteiger partial charge in [0.2, 0.25) is 0 Å². The molecule has 9 heteroatoms. The van der Waals surface area contributed by atoms with Crippen molar-refractivity contribution < 1.29 is 17.9 Å². The molecule has 1 aliphatic heterocycles. The summed E-state index contributed by atoms with van der Waals surface area (Å²) >= 11 is 0. The molecule has 1 aromatic heterocycles. The van der Waals surface area contributed by atoms with Crippen LogP contribution < -0.4 is 16.0 Å². The second-order valence-electron chi connectivity index (χ2n) is 7.67. The van der Waals surface area contributed by atoms with Crippen molar-refractivity contribution in [3.05, 3.63) is 52.7 Å². The zero-order valence-corrected chi connectivity index (χ0v) is 17.4. The van der Waals surface area contributed by atoms with E-state index in [-0.39, 0.29) is 17.8 Å². The number of anilines is 3. The van der Waals surface area contributed by atoms with Crippen molar-refractivity contribution in [3.8, 4) is 0 Å². The summed E-state index contributed by atoms with van der Waals surface area (Å²) < 4.78 is 45.4. The van der Waals surface area contributed by atoms with E-state index in [1.54, 1.807) is 6.07 Å². The van der Waals surface area contributed by atoms with Gasteiger partial charge < -0.3 is 20.7 Å². The molecule has 3 aromatic rings. The number of halogens is 3. The zero-order valence-electron chi connectivity index (χ0n) is 17.4. The van der Waals surface area contributed by atoms with Gasteiger partial charge in [-0.3, -0.25) is 0 Å². The molecule has 1 aliphatic rings. The SMILES string of the molecule is Cc1c(CNc2nnc(C)c3ccc(N4CCOCC4)cc23)cc(N)cc1C(F)(F)F. The highest BCUT2D eigenvalue weighted by Gasteiger charge is 2.33. The van der Waals surface area contributed by atoms with Crippen molar-refractivity contribution in [2.24, 2.45) is 0 Å². The first-order chi connectivity index (χ1) is 14.7. The molecule has 2 aromatic carbocycles. The lowest BCUT2D eigenvalue weighted by Crippen LogP contribution is -2.36. The number of aryl methyl sites for hydroxylation is 1. The Morgan fingerprint density at radius 3 is 2.52 bits per heavy atom. The van der Waals surface area contributed by atoms with Gasteiger partial charge in [-0.2, -0.15) is 18.3 Å². The molecule has 3 N–H and O–H groups in total. The monoisotopic (exact) mass is 431 g/mol. The lowest BCUT2D eigenvalue weighted by Gasteiger charge is -2.29. The van der Waals surface area contributed by atoms with Crippen LogP contribution in [0.15, 0.2) is 30.3 Å². The van der Waals surface area contributed by atoms with Crippen LogP contribution in [0.25, 0.3) is 10.8 Å². The molecule has 0 atom stereocenters. The number of rotatable bonds is 4. The van der Waals surface area contributed by atoms with E-state index >= 15 is 0 Å². The Kier molecular flexibility index (Phi) is 5.62. The highest BCUT2D eigenvalue weighted by atomic mass is 19.4. The van der Waals surface area contributed by atoms with E-state index in [0.29, 0.717) is 24.6 Å². The average molecular weight is 431 g/mol. The minimum Gasteiger partial charge on any atom is -0.399 e. The summed E-state index contributed by atoms with van der Waals surface area (Å²) in [6.07, 6.45) is -4.46. The van der Waals surface area contributed by atoms with Crippen LogP contribution in [0.4, 0.5) is 30.4 Å². The van der Waals surface area contributed by atoms with Gasteiger partial charge in [0.05, 0.1) is 24.5 Å². The third kappa shape index (κ3) is 4.36. The molecule has 6 nitrogen and oxygen atoms in total. The van der Waals surface area contributed by atoms with Gasteiger partial charge in [-0.25, -0.2) is 0 Å². The number of nitrogens with one attached hydrogen (secondary N) is 1. The molecule has 1 fully saturated rings. The molecule has 0 spiro atoms. The third-order valence-corrected chi connectivity index (χ3v) is 5.61. The van der Waals surface area contributed by atoms with Crippen LogP contribution >= 0.6 is 0 Å². The summed E-state index contributed by atoms with van der Waals surface area (Å²) in [5.41, 5.74) is 7.53. The Labute approximate surface area is 178 Å². The van der Waals surface area contributed by atoms with Gasteiger partial charge in [0.25, 0.3) is 0 Å². The fraction of sp³-hybridized carbons (Fsp3) is 0.364. The highest BCUT2D eigenvalue weighted by Crippen LogP contribution is 2.35. The van der Waals surface area contributed by atoms with Gasteiger partial charge in [-0.1, -0.05) is 6.07 Å². The Balaban J connectivity index is 1.67. The van der Waals surface area contributed by atoms with E-state index in [1.165, 1.54) is 6.92 Å². The second-order valence-corrected chi connectivity index (χ2v) is 7.67. The summed E-state index contributed by atoms with van der Waals surface area (Å²) in [5, 5.41) is 13.5. The molecule has 0 unspecified atom stereocenters. The lowest BCUT2D eigenvalue weighted by atomic mass is 10.0. The van der Waals surface area contributed by atoms with E-state index in [1.807, 2.05) is 25.1 Å². The average Bonchev–Trinajstić information content (AvgIpc) is 2.75.